The molecule has 3 atom stereocenters. The summed E-state index contributed by atoms with van der Waals surface area (Å²) in [6.07, 6.45) is 9.12. The first-order chi connectivity index (χ1) is 20.0. The van der Waals surface area contributed by atoms with Gasteiger partial charge in [0.25, 0.3) is 0 Å². The normalized spacial score (nSPS) is 23.7. The molecule has 2 aromatic rings. The summed E-state index contributed by atoms with van der Waals surface area (Å²) >= 11 is 6.76. The highest BCUT2D eigenvalue weighted by molar-refractivity contribution is 6.32. The van der Waals surface area contributed by atoms with Crippen molar-refractivity contribution in [1.82, 2.24) is 15.5 Å². The fraction of sp³-hybridized carbons (Fsp3) is 0.588. The Hall–Kier alpha value is -2.09. The zero-order chi connectivity index (χ0) is 28.8. The van der Waals surface area contributed by atoms with Gasteiger partial charge in [0.05, 0.1) is 18.4 Å². The number of morpholine rings is 1. The van der Waals surface area contributed by atoms with E-state index in [-0.39, 0.29) is 0 Å². The Kier molecular flexibility index (Phi) is 10.7. The fourth-order valence-corrected chi connectivity index (χ4v) is 7.00. The lowest BCUT2D eigenvalue weighted by Gasteiger charge is -2.30. The summed E-state index contributed by atoms with van der Waals surface area (Å²) in [7, 11) is 2.03. The van der Waals surface area contributed by atoms with Crippen molar-refractivity contribution in [3.05, 3.63) is 52.0 Å². The molecule has 5 rings (SSSR count). The minimum atomic E-state index is 0.326. The minimum Gasteiger partial charge on any atom is -0.376 e. The molecule has 2 heterocycles. The van der Waals surface area contributed by atoms with Crippen molar-refractivity contribution in [2.24, 2.45) is 9.98 Å². The van der Waals surface area contributed by atoms with Crippen molar-refractivity contribution in [2.45, 2.75) is 89.3 Å². The van der Waals surface area contributed by atoms with E-state index in [1.807, 2.05) is 13.1 Å². The Morgan fingerprint density at radius 1 is 1.12 bits per heavy atom. The van der Waals surface area contributed by atoms with Crippen LogP contribution in [0.2, 0.25) is 5.02 Å². The Morgan fingerprint density at radius 3 is 2.71 bits per heavy atom. The predicted octanol–water partition coefficient (Wildman–Crippen LogP) is 6.70. The molecule has 3 fully saturated rings. The number of amidine groups is 1. The van der Waals surface area contributed by atoms with E-state index in [0.29, 0.717) is 24.1 Å². The van der Waals surface area contributed by atoms with E-state index in [1.165, 1.54) is 53.5 Å². The van der Waals surface area contributed by atoms with E-state index in [2.05, 4.69) is 65.4 Å². The van der Waals surface area contributed by atoms with E-state index in [9.17, 15) is 0 Å². The summed E-state index contributed by atoms with van der Waals surface area (Å²) in [4.78, 5) is 12.2. The third-order valence-corrected chi connectivity index (χ3v) is 9.30. The van der Waals surface area contributed by atoms with Gasteiger partial charge in [-0.15, -0.1) is 0 Å². The fourth-order valence-electron chi connectivity index (χ4n) is 6.68. The van der Waals surface area contributed by atoms with Crippen molar-refractivity contribution in [3.8, 4) is 11.1 Å². The molecule has 222 valence electrons. The number of likely N-dealkylation sites (N-methyl/N-ethyl adjacent to an activating group) is 1. The van der Waals surface area contributed by atoms with E-state index >= 15 is 0 Å². The maximum Gasteiger partial charge on any atom is 0.128 e. The predicted molar refractivity (Wildman–Crippen MR) is 174 cm³/mol. The van der Waals surface area contributed by atoms with E-state index < -0.39 is 0 Å². The quantitative estimate of drug-likeness (QED) is 0.167. The molecule has 0 spiro atoms. The van der Waals surface area contributed by atoms with Gasteiger partial charge >= 0.3 is 0 Å². The van der Waals surface area contributed by atoms with Crippen molar-refractivity contribution >= 4 is 29.8 Å². The highest BCUT2D eigenvalue weighted by Gasteiger charge is 2.30. The number of benzene rings is 2. The van der Waals surface area contributed by atoms with E-state index in [4.69, 9.17) is 21.3 Å². The van der Waals surface area contributed by atoms with Crippen LogP contribution in [0.25, 0.3) is 11.1 Å². The summed E-state index contributed by atoms with van der Waals surface area (Å²) in [6, 6.07) is 11.9. The van der Waals surface area contributed by atoms with Gasteiger partial charge in [-0.05, 0) is 119 Å². The van der Waals surface area contributed by atoms with Gasteiger partial charge in [-0.1, -0.05) is 35.9 Å². The maximum absolute atomic E-state index is 6.76. The number of nitrogens with zero attached hydrogens (tertiary/aromatic N) is 3. The molecule has 41 heavy (non-hydrogen) atoms. The molecule has 0 aromatic heterocycles. The van der Waals surface area contributed by atoms with Crippen LogP contribution < -0.4 is 10.6 Å². The zero-order valence-electron chi connectivity index (χ0n) is 25.2. The molecule has 1 saturated carbocycles. The number of hydrogen-bond donors (Lipinski definition) is 2. The first-order valence-corrected chi connectivity index (χ1v) is 16.0. The first kappa shape index (κ1) is 30.4. The van der Waals surface area contributed by atoms with Crippen LogP contribution in [0.15, 0.2) is 40.3 Å². The van der Waals surface area contributed by atoms with Crippen LogP contribution in [0.4, 0.5) is 5.69 Å². The average Bonchev–Trinajstić information content (AvgIpc) is 3.70. The van der Waals surface area contributed by atoms with Crippen LogP contribution in [0, 0.1) is 6.92 Å². The van der Waals surface area contributed by atoms with Gasteiger partial charge in [-0.2, -0.15) is 0 Å². The van der Waals surface area contributed by atoms with Gasteiger partial charge in [0.1, 0.15) is 5.84 Å². The second-order valence-electron chi connectivity index (χ2n) is 12.2. The monoisotopic (exact) mass is 577 g/mol. The topological polar surface area (TPSA) is 61.2 Å². The Balaban J connectivity index is 1.39. The third kappa shape index (κ3) is 7.85. The molecule has 7 heteroatoms. The summed E-state index contributed by atoms with van der Waals surface area (Å²) in [5.41, 5.74) is 7.34. The van der Waals surface area contributed by atoms with Crippen LogP contribution >= 0.6 is 11.6 Å². The Morgan fingerprint density at radius 2 is 1.95 bits per heavy atom. The standard InChI is InChI=1S/C34H48ClN5O/c1-23-22-40(18-19-41-23)17-6-5-10-32(37-4)39-34-24(2)29(30-8-7-9-31(35)33(30)25-11-12-25)16-13-26(34)20-27-14-15-28(38-27)21-36-3/h7-9,13,16,23,25,27-28,36,38H,4-6,10-12,14-15,17-22H2,1-3H3. The molecule has 3 unspecified atom stereocenters. The van der Waals surface area contributed by atoms with Crippen LogP contribution in [-0.4, -0.2) is 75.5 Å². The lowest BCUT2D eigenvalue weighted by Crippen LogP contribution is -2.41. The molecule has 1 aliphatic carbocycles. The number of unbranched alkanes of at least 4 members (excludes halogenated alkanes) is 1. The number of halogens is 1. The molecule has 0 bridgehead atoms. The third-order valence-electron chi connectivity index (χ3n) is 8.97. The molecule has 2 saturated heterocycles. The van der Waals surface area contributed by atoms with Gasteiger partial charge in [-0.25, -0.2) is 9.98 Å². The molecular formula is C34H48ClN5O. The molecule has 2 aromatic carbocycles. The summed E-state index contributed by atoms with van der Waals surface area (Å²) in [5, 5.41) is 8.04. The summed E-state index contributed by atoms with van der Waals surface area (Å²) in [6.45, 7) is 13.3. The average molecular weight is 578 g/mol. The summed E-state index contributed by atoms with van der Waals surface area (Å²) < 4.78 is 5.70. The van der Waals surface area contributed by atoms with E-state index in [0.717, 1.165) is 75.0 Å². The van der Waals surface area contributed by atoms with Gasteiger partial charge in [0.15, 0.2) is 0 Å². The highest BCUT2D eigenvalue weighted by Crippen LogP contribution is 2.49. The second kappa shape index (κ2) is 14.4. The molecule has 2 N–H and O–H groups in total. The van der Waals surface area contributed by atoms with Crippen molar-refractivity contribution in [1.29, 1.82) is 0 Å². The zero-order valence-corrected chi connectivity index (χ0v) is 26.0. The number of aliphatic imine (C=N–C) groups is 2. The smallest absolute Gasteiger partial charge is 0.128 e. The van der Waals surface area contributed by atoms with Crippen molar-refractivity contribution in [3.63, 3.8) is 0 Å². The van der Waals surface area contributed by atoms with Crippen LogP contribution in [0.1, 0.15) is 74.5 Å². The Labute approximate surface area is 252 Å². The lowest BCUT2D eigenvalue weighted by atomic mass is 9.90. The second-order valence-corrected chi connectivity index (χ2v) is 12.7. The Bertz CT molecular complexity index is 1230. The molecule has 0 amide bonds. The van der Waals surface area contributed by atoms with Crippen LogP contribution in [0.3, 0.4) is 0 Å². The van der Waals surface area contributed by atoms with Gasteiger partial charge < -0.3 is 15.4 Å². The lowest BCUT2D eigenvalue weighted by molar-refractivity contribution is -0.0185. The number of nitrogens with one attached hydrogen (secondary N) is 2. The summed E-state index contributed by atoms with van der Waals surface area (Å²) in [5.74, 6) is 1.40. The molecule has 6 nitrogen and oxygen atoms in total. The molecular weight excluding hydrogens is 530 g/mol. The SMILES string of the molecule is C=NC(CCCCN1CCOC(C)C1)=Nc1c(CC2CCC(CNC)N2)ccc(-c2cccc(Cl)c2C2CC2)c1C. The van der Waals surface area contributed by atoms with Crippen molar-refractivity contribution < 1.29 is 4.74 Å². The largest absolute Gasteiger partial charge is 0.376 e. The van der Waals surface area contributed by atoms with Crippen molar-refractivity contribution in [2.75, 3.05) is 39.8 Å². The first-order valence-electron chi connectivity index (χ1n) is 15.7. The molecule has 0 radical (unpaired) electrons. The highest BCUT2D eigenvalue weighted by atomic mass is 35.5. The maximum atomic E-state index is 6.76. The van der Waals surface area contributed by atoms with Crippen LogP contribution in [-0.2, 0) is 11.2 Å². The minimum absolute atomic E-state index is 0.326. The van der Waals surface area contributed by atoms with E-state index in [1.54, 1.807) is 0 Å². The van der Waals surface area contributed by atoms with Gasteiger partial charge in [-0.3, -0.25) is 4.90 Å². The molecule has 2 aliphatic heterocycles. The molecule has 3 aliphatic rings. The van der Waals surface area contributed by atoms with Gasteiger partial charge in [0, 0.05) is 43.2 Å². The number of rotatable bonds is 12. The number of ether oxygens (including phenoxy) is 1. The number of hydrogen-bond acceptors (Lipinski definition) is 5. The van der Waals surface area contributed by atoms with Crippen LogP contribution in [0.5, 0.6) is 0 Å². The van der Waals surface area contributed by atoms with Gasteiger partial charge in [0.2, 0.25) is 0 Å².